The molecule has 0 saturated heterocycles. The molecule has 1 aromatic rings. The molecule has 0 radical (unpaired) electrons. The van der Waals surface area contributed by atoms with Crippen molar-refractivity contribution in [2.75, 3.05) is 5.32 Å². The fourth-order valence-electron chi connectivity index (χ4n) is 2.68. The Hall–Kier alpha value is -0.980. The summed E-state index contributed by atoms with van der Waals surface area (Å²) >= 11 is 0. The molecule has 1 saturated carbocycles. The largest absolute Gasteiger partial charge is 0.382 e. The third-order valence-electron chi connectivity index (χ3n) is 3.90. The zero-order chi connectivity index (χ0) is 12.3. The topological polar surface area (TPSA) is 12.0 Å². The van der Waals surface area contributed by atoms with Crippen LogP contribution in [0.5, 0.6) is 0 Å². The highest BCUT2D eigenvalue weighted by Gasteiger charge is 2.20. The van der Waals surface area contributed by atoms with Crippen LogP contribution < -0.4 is 5.32 Å². The lowest BCUT2D eigenvalue weighted by Crippen LogP contribution is -2.23. The molecule has 1 atom stereocenters. The molecule has 1 fully saturated rings. The number of anilines is 1. The van der Waals surface area contributed by atoms with Gasteiger partial charge in [0.05, 0.1) is 0 Å². The standard InChI is InChI=1S/C16H25N/c1-12(2)15-9-4-5-10-16(15)17-13(3)11-14-7-6-8-14/h4-5,9-10,12-14,17H,6-8,11H2,1-3H3. The molecule has 17 heavy (non-hydrogen) atoms. The van der Waals surface area contributed by atoms with Gasteiger partial charge in [-0.1, -0.05) is 51.3 Å². The molecule has 0 amide bonds. The molecule has 0 heterocycles. The summed E-state index contributed by atoms with van der Waals surface area (Å²) in [5.74, 6) is 1.57. The Kier molecular flexibility index (Phi) is 4.09. The van der Waals surface area contributed by atoms with Gasteiger partial charge in [0.1, 0.15) is 0 Å². The maximum absolute atomic E-state index is 3.69. The van der Waals surface area contributed by atoms with Crippen LogP contribution >= 0.6 is 0 Å². The van der Waals surface area contributed by atoms with E-state index in [1.165, 1.54) is 36.9 Å². The maximum Gasteiger partial charge on any atom is 0.0377 e. The molecule has 0 aromatic heterocycles. The average molecular weight is 231 g/mol. The Morgan fingerprint density at radius 1 is 1.18 bits per heavy atom. The highest BCUT2D eigenvalue weighted by molar-refractivity contribution is 5.53. The van der Waals surface area contributed by atoms with Gasteiger partial charge in [0, 0.05) is 11.7 Å². The van der Waals surface area contributed by atoms with E-state index in [0.717, 1.165) is 5.92 Å². The van der Waals surface area contributed by atoms with Gasteiger partial charge in [-0.05, 0) is 36.8 Å². The molecule has 1 aliphatic carbocycles. The molecular formula is C16H25N. The van der Waals surface area contributed by atoms with E-state index in [1.807, 2.05) is 0 Å². The number of para-hydroxylation sites is 1. The summed E-state index contributed by atoms with van der Waals surface area (Å²) in [6.45, 7) is 6.84. The van der Waals surface area contributed by atoms with E-state index in [2.05, 4.69) is 50.4 Å². The fraction of sp³-hybridized carbons (Fsp3) is 0.625. The summed E-state index contributed by atoms with van der Waals surface area (Å²) in [6.07, 6.45) is 5.65. The van der Waals surface area contributed by atoms with Crippen molar-refractivity contribution in [2.24, 2.45) is 5.92 Å². The quantitative estimate of drug-likeness (QED) is 0.767. The number of hydrogen-bond acceptors (Lipinski definition) is 1. The highest BCUT2D eigenvalue weighted by atomic mass is 14.9. The second-order valence-electron chi connectivity index (χ2n) is 5.82. The van der Waals surface area contributed by atoms with E-state index in [1.54, 1.807) is 0 Å². The predicted molar refractivity (Wildman–Crippen MR) is 75.6 cm³/mol. The summed E-state index contributed by atoms with van der Waals surface area (Å²) in [7, 11) is 0. The Bertz CT molecular complexity index is 352. The van der Waals surface area contributed by atoms with E-state index in [0.29, 0.717) is 12.0 Å². The minimum Gasteiger partial charge on any atom is -0.382 e. The van der Waals surface area contributed by atoms with Gasteiger partial charge in [-0.15, -0.1) is 0 Å². The van der Waals surface area contributed by atoms with E-state index < -0.39 is 0 Å². The van der Waals surface area contributed by atoms with Crippen molar-refractivity contribution in [3.63, 3.8) is 0 Å². The van der Waals surface area contributed by atoms with Crippen LogP contribution in [0.25, 0.3) is 0 Å². The van der Waals surface area contributed by atoms with Crippen LogP contribution in [0.3, 0.4) is 0 Å². The van der Waals surface area contributed by atoms with Gasteiger partial charge in [0.25, 0.3) is 0 Å². The van der Waals surface area contributed by atoms with Gasteiger partial charge in [-0.25, -0.2) is 0 Å². The maximum atomic E-state index is 3.69. The minimum atomic E-state index is 0.592. The number of benzene rings is 1. The van der Waals surface area contributed by atoms with Crippen LogP contribution in [-0.4, -0.2) is 6.04 Å². The van der Waals surface area contributed by atoms with Crippen LogP contribution in [0.1, 0.15) is 57.9 Å². The molecule has 1 N–H and O–H groups in total. The first-order valence-electron chi connectivity index (χ1n) is 7.02. The third-order valence-corrected chi connectivity index (χ3v) is 3.90. The first-order chi connectivity index (χ1) is 8.16. The van der Waals surface area contributed by atoms with Gasteiger partial charge in [0.15, 0.2) is 0 Å². The molecule has 1 aliphatic rings. The van der Waals surface area contributed by atoms with Crippen molar-refractivity contribution >= 4 is 5.69 Å². The SMILES string of the molecule is CC(CC1CCC1)Nc1ccccc1C(C)C. The molecule has 1 nitrogen and oxygen atoms in total. The minimum absolute atomic E-state index is 0.592. The molecule has 0 aliphatic heterocycles. The summed E-state index contributed by atoms with van der Waals surface area (Å²) in [6, 6.07) is 9.32. The molecule has 1 heteroatoms. The fourth-order valence-corrected chi connectivity index (χ4v) is 2.68. The van der Waals surface area contributed by atoms with Gasteiger partial charge in [0.2, 0.25) is 0 Å². The zero-order valence-corrected chi connectivity index (χ0v) is 11.4. The van der Waals surface area contributed by atoms with Crippen LogP contribution in [-0.2, 0) is 0 Å². The molecule has 0 bridgehead atoms. The van der Waals surface area contributed by atoms with Crippen molar-refractivity contribution in [3.8, 4) is 0 Å². The van der Waals surface area contributed by atoms with Crippen molar-refractivity contribution in [1.29, 1.82) is 0 Å². The van der Waals surface area contributed by atoms with Crippen molar-refractivity contribution in [3.05, 3.63) is 29.8 Å². The van der Waals surface area contributed by atoms with Gasteiger partial charge in [-0.3, -0.25) is 0 Å². The summed E-state index contributed by atoms with van der Waals surface area (Å²) < 4.78 is 0. The van der Waals surface area contributed by atoms with Gasteiger partial charge in [-0.2, -0.15) is 0 Å². The predicted octanol–water partition coefficient (Wildman–Crippen LogP) is 4.80. The second kappa shape index (κ2) is 5.57. The number of nitrogens with one attached hydrogen (secondary N) is 1. The Labute approximate surface area is 106 Å². The Balaban J connectivity index is 1.96. The zero-order valence-electron chi connectivity index (χ0n) is 11.4. The Morgan fingerprint density at radius 3 is 2.47 bits per heavy atom. The second-order valence-corrected chi connectivity index (χ2v) is 5.82. The van der Waals surface area contributed by atoms with E-state index in [9.17, 15) is 0 Å². The normalized spacial score (nSPS) is 17.9. The average Bonchev–Trinajstić information content (AvgIpc) is 2.24. The van der Waals surface area contributed by atoms with Crippen LogP contribution in [0.2, 0.25) is 0 Å². The van der Waals surface area contributed by atoms with E-state index >= 15 is 0 Å². The van der Waals surface area contributed by atoms with E-state index in [-0.39, 0.29) is 0 Å². The lowest BCUT2D eigenvalue weighted by Gasteiger charge is -2.29. The molecular weight excluding hydrogens is 206 g/mol. The van der Waals surface area contributed by atoms with Crippen LogP contribution in [0.15, 0.2) is 24.3 Å². The lowest BCUT2D eigenvalue weighted by atomic mass is 9.81. The third kappa shape index (κ3) is 3.24. The molecule has 94 valence electrons. The lowest BCUT2D eigenvalue weighted by molar-refractivity contribution is 0.286. The van der Waals surface area contributed by atoms with Gasteiger partial charge >= 0.3 is 0 Å². The monoisotopic (exact) mass is 231 g/mol. The van der Waals surface area contributed by atoms with Gasteiger partial charge < -0.3 is 5.32 Å². The van der Waals surface area contributed by atoms with Crippen LogP contribution in [0.4, 0.5) is 5.69 Å². The molecule has 1 unspecified atom stereocenters. The van der Waals surface area contributed by atoms with E-state index in [4.69, 9.17) is 0 Å². The highest BCUT2D eigenvalue weighted by Crippen LogP contribution is 2.32. The summed E-state index contributed by atoms with van der Waals surface area (Å²) in [5, 5.41) is 3.69. The first kappa shape index (κ1) is 12.5. The smallest absolute Gasteiger partial charge is 0.0377 e. The summed E-state index contributed by atoms with van der Waals surface area (Å²) in [5.41, 5.74) is 2.77. The Morgan fingerprint density at radius 2 is 1.88 bits per heavy atom. The van der Waals surface area contributed by atoms with Crippen molar-refractivity contribution in [2.45, 2.75) is 58.4 Å². The molecule has 0 spiro atoms. The summed E-state index contributed by atoms with van der Waals surface area (Å²) in [4.78, 5) is 0. The van der Waals surface area contributed by atoms with Crippen LogP contribution in [0, 0.1) is 5.92 Å². The number of hydrogen-bond donors (Lipinski definition) is 1. The van der Waals surface area contributed by atoms with Crippen molar-refractivity contribution in [1.82, 2.24) is 0 Å². The molecule has 2 rings (SSSR count). The first-order valence-corrected chi connectivity index (χ1v) is 7.02. The van der Waals surface area contributed by atoms with Crippen molar-refractivity contribution < 1.29 is 0 Å². The molecule has 1 aromatic carbocycles. The number of rotatable bonds is 5.